The zero-order valence-corrected chi connectivity index (χ0v) is 15.2. The van der Waals surface area contributed by atoms with Crippen LogP contribution in [0.15, 0.2) is 29.6 Å². The van der Waals surface area contributed by atoms with Crippen LogP contribution in [0.25, 0.3) is 0 Å². The maximum Gasteiger partial charge on any atom is 0.270 e. The van der Waals surface area contributed by atoms with Gasteiger partial charge in [0, 0.05) is 24.8 Å². The summed E-state index contributed by atoms with van der Waals surface area (Å²) >= 11 is 1.26. The number of hydrogen-bond donors (Lipinski definition) is 2. The number of benzene rings is 1. The molecule has 138 valence electrons. The van der Waals surface area contributed by atoms with Gasteiger partial charge in [-0.3, -0.25) is 9.59 Å². The van der Waals surface area contributed by atoms with E-state index in [4.69, 9.17) is 0 Å². The Morgan fingerprint density at radius 2 is 1.92 bits per heavy atom. The van der Waals surface area contributed by atoms with E-state index in [0.29, 0.717) is 23.5 Å². The summed E-state index contributed by atoms with van der Waals surface area (Å²) in [6, 6.07) is 6.43. The van der Waals surface area contributed by atoms with E-state index in [9.17, 15) is 18.8 Å². The van der Waals surface area contributed by atoms with E-state index in [1.54, 1.807) is 23.6 Å². The molecule has 0 bridgehead atoms. The first-order valence-electron chi connectivity index (χ1n) is 8.18. The second-order valence-corrected chi connectivity index (χ2v) is 6.65. The van der Waals surface area contributed by atoms with Gasteiger partial charge in [0.25, 0.3) is 5.91 Å². The maximum atomic E-state index is 13.5. The number of ketones is 1. The SMILES string of the molecule is CC(=O)CCC(=O)NCc1nc(C(=O)NCCc2ccccc2F)cs1. The molecule has 0 atom stereocenters. The normalized spacial score (nSPS) is 10.4. The van der Waals surface area contributed by atoms with Crippen molar-refractivity contribution < 1.29 is 18.8 Å². The quantitative estimate of drug-likeness (QED) is 0.701. The predicted octanol–water partition coefficient (Wildman–Crippen LogP) is 2.24. The fourth-order valence-electron chi connectivity index (χ4n) is 2.15. The average Bonchev–Trinajstić information content (AvgIpc) is 3.09. The van der Waals surface area contributed by atoms with E-state index in [-0.39, 0.29) is 48.5 Å². The first-order valence-corrected chi connectivity index (χ1v) is 9.06. The van der Waals surface area contributed by atoms with Gasteiger partial charge < -0.3 is 15.4 Å². The van der Waals surface area contributed by atoms with E-state index < -0.39 is 0 Å². The molecule has 0 fully saturated rings. The summed E-state index contributed by atoms with van der Waals surface area (Å²) in [5.41, 5.74) is 0.802. The largest absolute Gasteiger partial charge is 0.350 e. The Balaban J connectivity index is 1.75. The van der Waals surface area contributed by atoms with Crippen LogP contribution in [0.1, 0.15) is 40.8 Å². The molecule has 0 radical (unpaired) electrons. The van der Waals surface area contributed by atoms with E-state index in [1.165, 1.54) is 24.3 Å². The number of carbonyl (C=O) groups is 3. The maximum absolute atomic E-state index is 13.5. The van der Waals surface area contributed by atoms with Gasteiger partial charge in [-0.25, -0.2) is 9.37 Å². The molecule has 0 aliphatic rings. The predicted molar refractivity (Wildman–Crippen MR) is 96.3 cm³/mol. The number of amides is 2. The summed E-state index contributed by atoms with van der Waals surface area (Å²) < 4.78 is 13.5. The Bertz CT molecular complexity index is 791. The first-order chi connectivity index (χ1) is 12.5. The second kappa shape index (κ2) is 9.76. The van der Waals surface area contributed by atoms with Gasteiger partial charge in [0.05, 0.1) is 6.54 Å². The number of Topliss-reactive ketones (excluding diaryl/α,β-unsaturated/α-hetero) is 1. The summed E-state index contributed by atoms with van der Waals surface area (Å²) in [5, 5.41) is 7.56. The van der Waals surface area contributed by atoms with Crippen LogP contribution in [-0.2, 0) is 22.6 Å². The summed E-state index contributed by atoms with van der Waals surface area (Å²) in [6.45, 7) is 1.95. The van der Waals surface area contributed by atoms with Gasteiger partial charge in [-0.1, -0.05) is 18.2 Å². The standard InChI is InChI=1S/C18H20FN3O3S/c1-12(23)6-7-16(24)21-10-17-22-15(11-26-17)18(25)20-9-8-13-4-2-3-5-14(13)19/h2-5,11H,6-10H2,1H3,(H,20,25)(H,21,24). The number of thiazole rings is 1. The van der Waals surface area contributed by atoms with Crippen molar-refractivity contribution in [1.82, 2.24) is 15.6 Å². The Morgan fingerprint density at radius 1 is 1.15 bits per heavy atom. The van der Waals surface area contributed by atoms with E-state index in [0.717, 1.165) is 0 Å². The van der Waals surface area contributed by atoms with Crippen molar-refractivity contribution in [1.29, 1.82) is 0 Å². The molecule has 0 unspecified atom stereocenters. The van der Waals surface area contributed by atoms with Crippen molar-refractivity contribution >= 4 is 28.9 Å². The van der Waals surface area contributed by atoms with E-state index in [2.05, 4.69) is 15.6 Å². The topological polar surface area (TPSA) is 88.2 Å². The second-order valence-electron chi connectivity index (χ2n) is 5.70. The number of nitrogens with zero attached hydrogens (tertiary/aromatic N) is 1. The molecule has 0 saturated heterocycles. The minimum absolute atomic E-state index is 0.0382. The lowest BCUT2D eigenvalue weighted by Crippen LogP contribution is -2.26. The van der Waals surface area contributed by atoms with Crippen molar-refractivity contribution in [2.45, 2.75) is 32.7 Å². The lowest BCUT2D eigenvalue weighted by Gasteiger charge is -2.04. The lowest BCUT2D eigenvalue weighted by molar-refractivity contribution is -0.124. The molecular formula is C18H20FN3O3S. The van der Waals surface area contributed by atoms with E-state index >= 15 is 0 Å². The number of carbonyl (C=O) groups excluding carboxylic acids is 3. The molecule has 1 aromatic carbocycles. The number of nitrogens with one attached hydrogen (secondary N) is 2. The van der Waals surface area contributed by atoms with Crippen LogP contribution in [0.5, 0.6) is 0 Å². The fourth-order valence-corrected chi connectivity index (χ4v) is 2.86. The summed E-state index contributed by atoms with van der Waals surface area (Å²) in [6.07, 6.45) is 0.741. The van der Waals surface area contributed by atoms with Crippen molar-refractivity contribution in [2.24, 2.45) is 0 Å². The highest BCUT2D eigenvalue weighted by molar-refractivity contribution is 7.09. The molecule has 1 heterocycles. The van der Waals surface area contributed by atoms with Crippen LogP contribution >= 0.6 is 11.3 Å². The molecule has 2 aromatic rings. The van der Waals surface area contributed by atoms with Gasteiger partial charge in [0.2, 0.25) is 5.91 Å². The molecule has 1 aromatic heterocycles. The van der Waals surface area contributed by atoms with Crippen LogP contribution in [-0.4, -0.2) is 29.1 Å². The highest BCUT2D eigenvalue weighted by Crippen LogP contribution is 2.10. The Morgan fingerprint density at radius 3 is 2.65 bits per heavy atom. The molecule has 8 heteroatoms. The highest BCUT2D eigenvalue weighted by Gasteiger charge is 2.12. The van der Waals surface area contributed by atoms with Crippen molar-refractivity contribution in [3.8, 4) is 0 Å². The minimum Gasteiger partial charge on any atom is -0.350 e. The van der Waals surface area contributed by atoms with Crippen molar-refractivity contribution in [3.05, 3.63) is 51.7 Å². The fraction of sp³-hybridized carbons (Fsp3) is 0.333. The zero-order chi connectivity index (χ0) is 18.9. The van der Waals surface area contributed by atoms with Crippen LogP contribution in [0.3, 0.4) is 0 Å². The Hall–Kier alpha value is -2.61. The molecule has 2 rings (SSSR count). The van der Waals surface area contributed by atoms with Crippen molar-refractivity contribution in [2.75, 3.05) is 6.54 Å². The number of rotatable bonds is 9. The number of aromatic nitrogens is 1. The third-order valence-corrected chi connectivity index (χ3v) is 4.41. The third-order valence-electron chi connectivity index (χ3n) is 3.56. The van der Waals surface area contributed by atoms with Gasteiger partial charge >= 0.3 is 0 Å². The minimum atomic E-state index is -0.341. The number of halogens is 1. The monoisotopic (exact) mass is 377 g/mol. The van der Waals surface area contributed by atoms with Crippen LogP contribution in [0.4, 0.5) is 4.39 Å². The van der Waals surface area contributed by atoms with Gasteiger partial charge in [-0.2, -0.15) is 0 Å². The summed E-state index contributed by atoms with van der Waals surface area (Å²) in [4.78, 5) is 38.6. The Kier molecular flexibility index (Phi) is 7.40. The van der Waals surface area contributed by atoms with Crippen LogP contribution < -0.4 is 10.6 Å². The van der Waals surface area contributed by atoms with Crippen molar-refractivity contribution in [3.63, 3.8) is 0 Å². The number of hydrogen-bond acceptors (Lipinski definition) is 5. The molecule has 2 amide bonds. The van der Waals surface area contributed by atoms with Gasteiger partial charge in [-0.15, -0.1) is 11.3 Å². The van der Waals surface area contributed by atoms with Gasteiger partial charge in [-0.05, 0) is 25.0 Å². The first kappa shape index (κ1) is 19.7. The smallest absolute Gasteiger partial charge is 0.270 e. The average molecular weight is 377 g/mol. The molecule has 0 aliphatic heterocycles. The third kappa shape index (κ3) is 6.36. The summed E-state index contributed by atoms with van der Waals surface area (Å²) in [5.74, 6) is -0.903. The molecule has 2 N–H and O–H groups in total. The molecule has 26 heavy (non-hydrogen) atoms. The van der Waals surface area contributed by atoms with E-state index in [1.807, 2.05) is 0 Å². The van der Waals surface area contributed by atoms with Gasteiger partial charge in [0.15, 0.2) is 0 Å². The summed E-state index contributed by atoms with van der Waals surface area (Å²) in [7, 11) is 0. The highest BCUT2D eigenvalue weighted by atomic mass is 32.1. The zero-order valence-electron chi connectivity index (χ0n) is 14.4. The molecule has 0 saturated carbocycles. The molecule has 0 aliphatic carbocycles. The molecule has 0 spiro atoms. The van der Waals surface area contributed by atoms with Crippen LogP contribution in [0, 0.1) is 5.82 Å². The molecule has 6 nitrogen and oxygen atoms in total. The Labute approximate surface area is 154 Å². The molecular weight excluding hydrogens is 357 g/mol. The lowest BCUT2D eigenvalue weighted by atomic mass is 10.1. The van der Waals surface area contributed by atoms with Gasteiger partial charge in [0.1, 0.15) is 22.3 Å². The van der Waals surface area contributed by atoms with Crippen LogP contribution in [0.2, 0.25) is 0 Å².